The Labute approximate surface area is 140 Å². The summed E-state index contributed by atoms with van der Waals surface area (Å²) < 4.78 is 92.5. The second-order valence-corrected chi connectivity index (χ2v) is 6.88. The van der Waals surface area contributed by atoms with Crippen LogP contribution in [-0.2, 0) is 22.5 Å². The Hall–Kier alpha value is -2.17. The lowest BCUT2D eigenvalue weighted by Gasteiger charge is -2.20. The SMILES string of the molecule is CCn1ncc(C)c1NS(=O)(=O)c1cccc(C(F)(F)C(F)(F)F)c1. The second-order valence-electron chi connectivity index (χ2n) is 5.20. The van der Waals surface area contributed by atoms with E-state index >= 15 is 0 Å². The Bertz CT molecular complexity index is 875. The van der Waals surface area contributed by atoms with Crippen molar-refractivity contribution in [1.29, 1.82) is 0 Å². The molecule has 0 radical (unpaired) electrons. The van der Waals surface area contributed by atoms with Crippen LogP contribution in [0.1, 0.15) is 18.1 Å². The smallest absolute Gasteiger partial charge is 0.263 e. The highest BCUT2D eigenvalue weighted by Crippen LogP contribution is 2.44. The van der Waals surface area contributed by atoms with Crippen LogP contribution in [0.2, 0.25) is 0 Å². The highest BCUT2D eigenvalue weighted by atomic mass is 32.2. The molecule has 1 aromatic heterocycles. The zero-order valence-electron chi connectivity index (χ0n) is 13.1. The quantitative estimate of drug-likeness (QED) is 0.802. The van der Waals surface area contributed by atoms with E-state index in [-0.39, 0.29) is 5.82 Å². The summed E-state index contributed by atoms with van der Waals surface area (Å²) in [6, 6.07) is 2.58. The molecule has 1 aromatic carbocycles. The summed E-state index contributed by atoms with van der Waals surface area (Å²) in [7, 11) is -4.38. The lowest BCUT2D eigenvalue weighted by molar-refractivity contribution is -0.289. The van der Waals surface area contributed by atoms with Gasteiger partial charge in [0.05, 0.1) is 11.1 Å². The van der Waals surface area contributed by atoms with Crippen molar-refractivity contribution in [2.45, 2.75) is 37.4 Å². The molecule has 0 bridgehead atoms. The molecule has 0 amide bonds. The number of halogens is 5. The number of benzene rings is 1. The number of rotatable bonds is 5. The van der Waals surface area contributed by atoms with Gasteiger partial charge in [-0.1, -0.05) is 12.1 Å². The first-order valence-electron chi connectivity index (χ1n) is 7.00. The summed E-state index contributed by atoms with van der Waals surface area (Å²) in [5.41, 5.74) is -0.981. The first kappa shape index (κ1) is 19.2. The molecule has 0 unspecified atom stereocenters. The van der Waals surface area contributed by atoms with E-state index in [1.54, 1.807) is 13.8 Å². The van der Waals surface area contributed by atoms with E-state index in [4.69, 9.17) is 0 Å². The van der Waals surface area contributed by atoms with E-state index in [9.17, 15) is 30.4 Å². The van der Waals surface area contributed by atoms with Crippen LogP contribution >= 0.6 is 0 Å². The summed E-state index contributed by atoms with van der Waals surface area (Å²) in [4.78, 5) is -0.711. The van der Waals surface area contributed by atoms with Gasteiger partial charge < -0.3 is 0 Å². The van der Waals surface area contributed by atoms with Crippen LogP contribution in [0.3, 0.4) is 0 Å². The molecular weight excluding hydrogens is 369 g/mol. The maximum atomic E-state index is 13.4. The average molecular weight is 383 g/mol. The average Bonchev–Trinajstić information content (AvgIpc) is 2.86. The number of nitrogens with one attached hydrogen (secondary N) is 1. The molecule has 0 fully saturated rings. The van der Waals surface area contributed by atoms with Crippen LogP contribution in [0.4, 0.5) is 27.8 Å². The summed E-state index contributed by atoms with van der Waals surface area (Å²) >= 11 is 0. The minimum Gasteiger partial charge on any atom is -0.263 e. The van der Waals surface area contributed by atoms with Gasteiger partial charge in [-0.15, -0.1) is 0 Å². The van der Waals surface area contributed by atoms with Crippen LogP contribution in [0, 0.1) is 6.92 Å². The molecule has 5 nitrogen and oxygen atoms in total. The number of anilines is 1. The predicted octanol–water partition coefficient (Wildman–Crippen LogP) is 3.67. The maximum Gasteiger partial charge on any atom is 0.458 e. The lowest BCUT2D eigenvalue weighted by Crippen LogP contribution is -2.33. The number of hydrogen-bond donors (Lipinski definition) is 1. The Morgan fingerprint density at radius 1 is 1.20 bits per heavy atom. The van der Waals surface area contributed by atoms with Crippen molar-refractivity contribution >= 4 is 15.8 Å². The van der Waals surface area contributed by atoms with Gasteiger partial charge in [-0.2, -0.15) is 27.1 Å². The van der Waals surface area contributed by atoms with Gasteiger partial charge in [0.1, 0.15) is 5.82 Å². The highest BCUT2D eigenvalue weighted by molar-refractivity contribution is 7.92. The second kappa shape index (κ2) is 6.28. The Morgan fingerprint density at radius 3 is 2.40 bits per heavy atom. The fraction of sp³-hybridized carbons (Fsp3) is 0.357. The summed E-state index contributed by atoms with van der Waals surface area (Å²) in [5, 5.41) is 3.92. The van der Waals surface area contributed by atoms with Gasteiger partial charge >= 0.3 is 12.1 Å². The largest absolute Gasteiger partial charge is 0.458 e. The number of sulfonamides is 1. The molecule has 25 heavy (non-hydrogen) atoms. The van der Waals surface area contributed by atoms with Crippen LogP contribution in [0.25, 0.3) is 0 Å². The Morgan fingerprint density at radius 2 is 1.84 bits per heavy atom. The molecule has 1 heterocycles. The predicted molar refractivity (Wildman–Crippen MR) is 79.8 cm³/mol. The number of aromatic nitrogens is 2. The fourth-order valence-corrected chi connectivity index (χ4v) is 3.24. The third-order valence-electron chi connectivity index (χ3n) is 3.42. The Balaban J connectivity index is 2.45. The molecule has 2 rings (SSSR count). The van der Waals surface area contributed by atoms with Crippen LogP contribution in [-0.4, -0.2) is 24.4 Å². The fourth-order valence-electron chi connectivity index (χ4n) is 2.06. The van der Waals surface area contributed by atoms with Crippen molar-refractivity contribution in [1.82, 2.24) is 9.78 Å². The van der Waals surface area contributed by atoms with Crippen molar-refractivity contribution in [3.63, 3.8) is 0 Å². The van der Waals surface area contributed by atoms with Crippen LogP contribution in [0.15, 0.2) is 35.4 Å². The first-order chi connectivity index (χ1) is 11.4. The number of alkyl halides is 5. The van der Waals surface area contributed by atoms with Gasteiger partial charge in [0.25, 0.3) is 10.0 Å². The summed E-state index contributed by atoms with van der Waals surface area (Å²) in [6.07, 6.45) is -4.43. The third kappa shape index (κ3) is 3.60. The standard InChI is InChI=1S/C14H14F5N3O2S/c1-3-22-12(9(2)8-20-22)21-25(23,24)11-6-4-5-10(7-11)13(15,16)14(17,18)19/h4-8,21H,3H2,1-2H3. The monoisotopic (exact) mass is 383 g/mol. The number of nitrogens with zero attached hydrogens (tertiary/aromatic N) is 2. The van der Waals surface area contributed by atoms with Gasteiger partial charge in [-0.25, -0.2) is 13.1 Å². The van der Waals surface area contributed by atoms with Crippen molar-refractivity contribution in [2.24, 2.45) is 0 Å². The van der Waals surface area contributed by atoms with E-state index in [2.05, 4.69) is 9.82 Å². The highest BCUT2D eigenvalue weighted by Gasteiger charge is 2.58. The molecule has 0 aliphatic rings. The summed E-state index contributed by atoms with van der Waals surface area (Å²) in [6.45, 7) is 3.61. The maximum absolute atomic E-state index is 13.4. The molecule has 0 saturated heterocycles. The molecule has 0 atom stereocenters. The minimum atomic E-state index is -5.83. The molecule has 138 valence electrons. The van der Waals surface area contributed by atoms with Gasteiger partial charge in [-0.3, -0.25) is 4.72 Å². The molecule has 2 aromatic rings. The van der Waals surface area contributed by atoms with E-state index in [0.717, 1.165) is 12.1 Å². The third-order valence-corrected chi connectivity index (χ3v) is 4.75. The summed E-state index contributed by atoms with van der Waals surface area (Å²) in [5.74, 6) is -5.06. The topological polar surface area (TPSA) is 64.0 Å². The van der Waals surface area contributed by atoms with E-state index in [1.165, 1.54) is 10.9 Å². The Kier molecular flexibility index (Phi) is 4.81. The molecule has 0 aliphatic heterocycles. The molecule has 0 aliphatic carbocycles. The molecular formula is C14H14F5N3O2S. The van der Waals surface area contributed by atoms with Crippen molar-refractivity contribution < 1.29 is 30.4 Å². The zero-order valence-corrected chi connectivity index (χ0v) is 13.9. The van der Waals surface area contributed by atoms with E-state index in [1.807, 2.05) is 0 Å². The van der Waals surface area contributed by atoms with Gasteiger partial charge in [0.15, 0.2) is 0 Å². The minimum absolute atomic E-state index is 0.107. The van der Waals surface area contributed by atoms with Crippen LogP contribution in [0.5, 0.6) is 0 Å². The van der Waals surface area contributed by atoms with Crippen LogP contribution < -0.4 is 4.72 Å². The van der Waals surface area contributed by atoms with E-state index in [0.29, 0.717) is 24.2 Å². The molecule has 11 heteroatoms. The van der Waals surface area contributed by atoms with Gasteiger partial charge in [-0.05, 0) is 26.0 Å². The number of aryl methyl sites for hydroxylation is 2. The molecule has 0 spiro atoms. The molecule has 1 N–H and O–H groups in total. The first-order valence-corrected chi connectivity index (χ1v) is 8.48. The lowest BCUT2D eigenvalue weighted by atomic mass is 10.1. The van der Waals surface area contributed by atoms with Crippen molar-refractivity contribution in [2.75, 3.05) is 4.72 Å². The van der Waals surface area contributed by atoms with Gasteiger partial charge in [0.2, 0.25) is 0 Å². The zero-order chi connectivity index (χ0) is 19.0. The van der Waals surface area contributed by atoms with Crippen molar-refractivity contribution in [3.8, 4) is 0 Å². The van der Waals surface area contributed by atoms with E-state index < -0.39 is 32.6 Å². The van der Waals surface area contributed by atoms with Gasteiger partial charge in [0, 0.05) is 17.7 Å². The number of hydrogen-bond acceptors (Lipinski definition) is 3. The van der Waals surface area contributed by atoms with Crippen molar-refractivity contribution in [3.05, 3.63) is 41.6 Å². The molecule has 0 saturated carbocycles. The normalized spacial score (nSPS) is 13.1.